The summed E-state index contributed by atoms with van der Waals surface area (Å²) in [5.74, 6) is -0.823. The molecule has 25 heavy (non-hydrogen) atoms. The van der Waals surface area contributed by atoms with Gasteiger partial charge in [0.15, 0.2) is 17.0 Å². The fourth-order valence-electron chi connectivity index (χ4n) is 2.24. The zero-order valence-corrected chi connectivity index (χ0v) is 14.8. The van der Waals surface area contributed by atoms with Crippen LogP contribution in [0, 0.1) is 0 Å². The lowest BCUT2D eigenvalue weighted by atomic mass is 9.99. The van der Waals surface area contributed by atoms with Crippen LogP contribution in [-0.4, -0.2) is 25.3 Å². The third kappa shape index (κ3) is 4.73. The van der Waals surface area contributed by atoms with Gasteiger partial charge < -0.3 is 14.4 Å². The van der Waals surface area contributed by atoms with Crippen LogP contribution in [0.3, 0.4) is 0 Å². The zero-order chi connectivity index (χ0) is 18.6. The summed E-state index contributed by atoms with van der Waals surface area (Å²) < 4.78 is 25.8. The Balaban J connectivity index is 2.13. The molecule has 136 valence electrons. The van der Waals surface area contributed by atoms with Gasteiger partial charge in [-0.3, -0.25) is 9.11 Å². The van der Waals surface area contributed by atoms with Gasteiger partial charge in [0.05, 0.1) is 4.90 Å². The Hall–Kier alpha value is -2.06. The molecule has 0 fully saturated rings. The minimum absolute atomic E-state index is 0.160. The molecule has 0 heterocycles. The summed E-state index contributed by atoms with van der Waals surface area (Å²) in [6.45, 7) is 4.18. The summed E-state index contributed by atoms with van der Waals surface area (Å²) in [4.78, 5) is 11.0. The molecule has 0 amide bonds. The topological polar surface area (TPSA) is 107 Å². The maximum atomic E-state index is 10.7. The van der Waals surface area contributed by atoms with E-state index in [1.54, 1.807) is 12.1 Å². The van der Waals surface area contributed by atoms with Gasteiger partial charge in [-0.25, -0.2) is 4.79 Å². The molecule has 0 bridgehead atoms. The summed E-state index contributed by atoms with van der Waals surface area (Å²) in [6, 6.07) is 12.4. The van der Waals surface area contributed by atoms with Crippen molar-refractivity contribution in [3.63, 3.8) is 0 Å². The molecular formula is C18H22O6S. The minimum atomic E-state index is -3.49. The number of aliphatic hydroxyl groups is 1. The van der Waals surface area contributed by atoms with Gasteiger partial charge in [0.2, 0.25) is 0 Å². The highest BCUT2D eigenvalue weighted by molar-refractivity contribution is 8.20. The van der Waals surface area contributed by atoms with Crippen molar-refractivity contribution in [3.05, 3.63) is 59.7 Å². The number of hydrogen-bond donors (Lipinski definition) is 4. The van der Waals surface area contributed by atoms with E-state index in [0.29, 0.717) is 5.92 Å². The van der Waals surface area contributed by atoms with Crippen molar-refractivity contribution in [2.24, 2.45) is 0 Å². The molecule has 2 unspecified atom stereocenters. The van der Waals surface area contributed by atoms with Crippen LogP contribution in [0.4, 0.5) is 0 Å². The van der Waals surface area contributed by atoms with Crippen LogP contribution in [0.5, 0.6) is 5.75 Å². The number of aliphatic carboxylic acids is 1. The lowest BCUT2D eigenvalue weighted by molar-refractivity contribution is -0.146. The Bertz CT molecular complexity index is 711. The molecule has 6 nitrogen and oxygen atoms in total. The van der Waals surface area contributed by atoms with Gasteiger partial charge in [-0.1, -0.05) is 38.1 Å². The highest BCUT2D eigenvalue weighted by atomic mass is 32.3. The van der Waals surface area contributed by atoms with Gasteiger partial charge in [0.25, 0.3) is 0 Å². The fourth-order valence-corrected chi connectivity index (χ4v) is 3.21. The number of carboxylic acids is 1. The highest BCUT2D eigenvalue weighted by Crippen LogP contribution is 2.49. The van der Waals surface area contributed by atoms with E-state index in [1.807, 2.05) is 12.1 Å². The van der Waals surface area contributed by atoms with Crippen molar-refractivity contribution in [2.45, 2.75) is 37.2 Å². The van der Waals surface area contributed by atoms with Crippen LogP contribution in [0.1, 0.15) is 43.4 Å². The molecule has 2 aromatic rings. The van der Waals surface area contributed by atoms with Crippen molar-refractivity contribution < 1.29 is 28.3 Å². The van der Waals surface area contributed by atoms with Crippen LogP contribution in [0.15, 0.2) is 53.4 Å². The minimum Gasteiger partial charge on any atom is -0.479 e. The second kappa shape index (κ2) is 7.88. The van der Waals surface area contributed by atoms with Crippen molar-refractivity contribution >= 4 is 16.8 Å². The molecule has 2 aromatic carbocycles. The van der Waals surface area contributed by atoms with E-state index >= 15 is 0 Å². The Morgan fingerprint density at radius 2 is 1.56 bits per heavy atom. The average Bonchev–Trinajstić information content (AvgIpc) is 2.60. The monoisotopic (exact) mass is 366 g/mol. The van der Waals surface area contributed by atoms with E-state index in [9.17, 15) is 19.0 Å². The van der Waals surface area contributed by atoms with Crippen LogP contribution < -0.4 is 4.18 Å². The lowest BCUT2D eigenvalue weighted by Crippen LogP contribution is -2.10. The Kier molecular flexibility index (Phi) is 6.07. The van der Waals surface area contributed by atoms with Gasteiger partial charge in [0.1, 0.15) is 5.75 Å². The number of rotatable bonds is 7. The van der Waals surface area contributed by atoms with Crippen LogP contribution in [0.25, 0.3) is 0 Å². The number of carboxylic acid groups (broad SMARTS) is 1. The smallest absolute Gasteiger partial charge is 0.337 e. The quantitative estimate of drug-likeness (QED) is 0.578. The van der Waals surface area contributed by atoms with Gasteiger partial charge >= 0.3 is 5.97 Å². The Morgan fingerprint density at radius 3 is 2.04 bits per heavy atom. The Morgan fingerprint density at radius 1 is 1.04 bits per heavy atom. The average molecular weight is 366 g/mol. The van der Waals surface area contributed by atoms with E-state index in [4.69, 9.17) is 9.29 Å². The summed E-state index contributed by atoms with van der Waals surface area (Å²) in [5.41, 5.74) is 1.28. The van der Waals surface area contributed by atoms with E-state index in [0.717, 1.165) is 12.0 Å². The number of hydrogen-bond acceptors (Lipinski definition) is 5. The van der Waals surface area contributed by atoms with Gasteiger partial charge in [-0.2, -0.15) is 0 Å². The molecule has 2 atom stereocenters. The highest BCUT2D eigenvalue weighted by Gasteiger charge is 2.23. The first kappa shape index (κ1) is 19.3. The maximum absolute atomic E-state index is 10.7. The predicted octanol–water partition coefficient (Wildman–Crippen LogP) is 4.42. The van der Waals surface area contributed by atoms with Crippen molar-refractivity contribution in [2.75, 3.05) is 0 Å². The maximum Gasteiger partial charge on any atom is 0.337 e. The molecule has 0 saturated carbocycles. The molecule has 4 N–H and O–H groups in total. The first-order chi connectivity index (χ1) is 11.7. The van der Waals surface area contributed by atoms with E-state index in [1.165, 1.54) is 24.3 Å². The van der Waals surface area contributed by atoms with E-state index in [-0.39, 0.29) is 16.2 Å². The predicted molar refractivity (Wildman–Crippen MR) is 95.9 cm³/mol. The van der Waals surface area contributed by atoms with Crippen molar-refractivity contribution in [1.29, 1.82) is 0 Å². The van der Waals surface area contributed by atoms with Crippen LogP contribution in [-0.2, 0) is 4.79 Å². The van der Waals surface area contributed by atoms with Crippen molar-refractivity contribution in [3.8, 4) is 5.75 Å². The molecule has 0 aliphatic heterocycles. The van der Waals surface area contributed by atoms with E-state index < -0.39 is 22.9 Å². The second-order valence-corrected chi connectivity index (χ2v) is 7.40. The molecule has 0 aliphatic carbocycles. The van der Waals surface area contributed by atoms with Crippen LogP contribution >= 0.6 is 10.9 Å². The summed E-state index contributed by atoms with van der Waals surface area (Å²) in [7, 11) is -3.49. The number of benzene rings is 2. The summed E-state index contributed by atoms with van der Waals surface area (Å²) >= 11 is 0. The molecule has 0 saturated heterocycles. The number of aliphatic hydroxyl groups excluding tert-OH is 1. The molecule has 0 aliphatic rings. The van der Waals surface area contributed by atoms with Crippen molar-refractivity contribution in [1.82, 2.24) is 0 Å². The third-order valence-corrected chi connectivity index (χ3v) is 5.32. The third-order valence-electron chi connectivity index (χ3n) is 4.01. The second-order valence-electron chi connectivity index (χ2n) is 5.77. The molecule has 0 aromatic heterocycles. The Labute approximate surface area is 148 Å². The normalized spacial score (nSPS) is 14.6. The molecule has 0 radical (unpaired) electrons. The van der Waals surface area contributed by atoms with Crippen LogP contribution in [0.2, 0.25) is 0 Å². The summed E-state index contributed by atoms with van der Waals surface area (Å²) in [5, 5.41) is 18.2. The molecular weight excluding hydrogens is 344 g/mol. The van der Waals surface area contributed by atoms with Gasteiger partial charge in [-0.05, 0) is 47.7 Å². The molecule has 2 rings (SSSR count). The first-order valence-corrected chi connectivity index (χ1v) is 9.30. The molecule has 0 spiro atoms. The lowest BCUT2D eigenvalue weighted by Gasteiger charge is -2.27. The zero-order valence-electron chi connectivity index (χ0n) is 14.0. The largest absolute Gasteiger partial charge is 0.479 e. The SMILES string of the molecule is CCC(C)c1ccc(S(O)(O)Oc2ccc(C(O)C(=O)O)cc2)cc1. The summed E-state index contributed by atoms with van der Waals surface area (Å²) in [6.07, 6.45) is -0.650. The first-order valence-electron chi connectivity index (χ1n) is 7.83. The van der Waals surface area contributed by atoms with E-state index in [2.05, 4.69) is 13.8 Å². The standard InChI is InChI=1S/C18H22O6S/c1-3-12(2)13-6-10-16(11-7-13)25(22,23)24-15-8-4-14(5-9-15)17(19)18(20)21/h4-12,17,19,22-23H,3H2,1-2H3,(H,20,21). The number of carbonyl (C=O) groups is 1. The van der Waals surface area contributed by atoms with Gasteiger partial charge in [-0.15, -0.1) is 0 Å². The fraction of sp³-hybridized carbons (Fsp3) is 0.278. The molecule has 7 heteroatoms. The van der Waals surface area contributed by atoms with Gasteiger partial charge in [0, 0.05) is 0 Å².